The van der Waals surface area contributed by atoms with E-state index in [0.29, 0.717) is 25.6 Å². The summed E-state index contributed by atoms with van der Waals surface area (Å²) < 4.78 is 1.66. The van der Waals surface area contributed by atoms with Gasteiger partial charge < -0.3 is 4.90 Å². The third-order valence-corrected chi connectivity index (χ3v) is 4.11. The van der Waals surface area contributed by atoms with E-state index in [9.17, 15) is 4.79 Å². The molecule has 8 heteroatoms. The van der Waals surface area contributed by atoms with Gasteiger partial charge in [-0.05, 0) is 30.2 Å². The number of tetrazole rings is 1. The van der Waals surface area contributed by atoms with Crippen molar-refractivity contribution in [1.82, 2.24) is 30.1 Å². The summed E-state index contributed by atoms with van der Waals surface area (Å²) in [5.74, 6) is 0.883. The Balaban J connectivity index is 1.59. The molecule has 0 spiro atoms. The second-order valence-corrected chi connectivity index (χ2v) is 5.86. The number of carbonyl (C=O) groups excluding carboxylic acids is 1. The highest BCUT2D eigenvalue weighted by Crippen LogP contribution is 2.29. The van der Waals surface area contributed by atoms with Crippen molar-refractivity contribution >= 4 is 17.2 Å². The van der Waals surface area contributed by atoms with E-state index in [0.717, 1.165) is 23.7 Å². The van der Waals surface area contributed by atoms with Gasteiger partial charge in [0.05, 0.1) is 13.1 Å². The minimum absolute atomic E-state index is 0.151. The molecular formula is C12H16N6OS. The molecule has 1 saturated carbocycles. The standard InChI is InChI=1S/C12H16N6OS/c1-9-14-15-16-18(9)6-4-12(19)17(10-2-3-10)8-11-13-5-7-20-11/h5,7,10H,2-4,6,8H2,1H3. The molecule has 20 heavy (non-hydrogen) atoms. The summed E-state index contributed by atoms with van der Waals surface area (Å²) in [5.41, 5.74) is 0. The quantitative estimate of drug-likeness (QED) is 0.794. The second kappa shape index (κ2) is 5.66. The number of carbonyl (C=O) groups is 1. The minimum Gasteiger partial charge on any atom is -0.333 e. The first-order valence-electron chi connectivity index (χ1n) is 6.64. The van der Waals surface area contributed by atoms with Gasteiger partial charge in [0.25, 0.3) is 0 Å². The van der Waals surface area contributed by atoms with E-state index in [2.05, 4.69) is 20.5 Å². The lowest BCUT2D eigenvalue weighted by Crippen LogP contribution is -2.33. The molecule has 0 radical (unpaired) electrons. The molecule has 1 fully saturated rings. The third kappa shape index (κ3) is 3.01. The van der Waals surface area contributed by atoms with Gasteiger partial charge in [0.2, 0.25) is 5.91 Å². The van der Waals surface area contributed by atoms with Crippen molar-refractivity contribution in [2.45, 2.75) is 45.3 Å². The van der Waals surface area contributed by atoms with E-state index in [4.69, 9.17) is 0 Å². The second-order valence-electron chi connectivity index (χ2n) is 4.88. The summed E-state index contributed by atoms with van der Waals surface area (Å²) in [6, 6.07) is 0.390. The van der Waals surface area contributed by atoms with Gasteiger partial charge in [-0.1, -0.05) is 0 Å². The Labute approximate surface area is 120 Å². The Bertz CT molecular complexity index is 577. The van der Waals surface area contributed by atoms with Crippen LogP contribution in [0.15, 0.2) is 11.6 Å². The molecule has 0 atom stereocenters. The predicted molar refractivity (Wildman–Crippen MR) is 72.9 cm³/mol. The lowest BCUT2D eigenvalue weighted by Gasteiger charge is -2.21. The fourth-order valence-corrected chi connectivity index (χ4v) is 2.70. The van der Waals surface area contributed by atoms with Crippen LogP contribution in [0.5, 0.6) is 0 Å². The third-order valence-electron chi connectivity index (χ3n) is 3.35. The van der Waals surface area contributed by atoms with Gasteiger partial charge in [-0.15, -0.1) is 16.4 Å². The number of amides is 1. The van der Waals surface area contributed by atoms with Gasteiger partial charge in [-0.25, -0.2) is 9.67 Å². The zero-order chi connectivity index (χ0) is 13.9. The summed E-state index contributed by atoms with van der Waals surface area (Å²) >= 11 is 1.59. The number of aryl methyl sites for hydroxylation is 2. The van der Waals surface area contributed by atoms with Gasteiger partial charge in [-0.2, -0.15) is 0 Å². The van der Waals surface area contributed by atoms with Crippen molar-refractivity contribution < 1.29 is 4.79 Å². The molecule has 2 aromatic heterocycles. The fourth-order valence-electron chi connectivity index (χ4n) is 2.08. The van der Waals surface area contributed by atoms with Crippen LogP contribution in [-0.2, 0) is 17.9 Å². The first kappa shape index (κ1) is 13.2. The van der Waals surface area contributed by atoms with Crippen LogP contribution in [-0.4, -0.2) is 42.0 Å². The normalized spacial score (nSPS) is 14.4. The van der Waals surface area contributed by atoms with Gasteiger partial charge in [0.1, 0.15) is 10.8 Å². The molecule has 0 aromatic carbocycles. The van der Waals surface area contributed by atoms with Crippen LogP contribution in [0, 0.1) is 6.92 Å². The maximum atomic E-state index is 12.4. The molecule has 1 aliphatic carbocycles. The van der Waals surface area contributed by atoms with Gasteiger partial charge in [0, 0.05) is 24.0 Å². The van der Waals surface area contributed by atoms with Gasteiger partial charge in [-0.3, -0.25) is 4.79 Å². The minimum atomic E-state index is 0.151. The predicted octanol–water partition coefficient (Wildman–Crippen LogP) is 1.02. The summed E-state index contributed by atoms with van der Waals surface area (Å²) in [4.78, 5) is 18.6. The van der Waals surface area contributed by atoms with Crippen LogP contribution in [0.3, 0.4) is 0 Å². The Morgan fingerprint density at radius 2 is 2.40 bits per heavy atom. The lowest BCUT2D eigenvalue weighted by atomic mass is 10.3. The molecule has 2 heterocycles. The summed E-state index contributed by atoms with van der Waals surface area (Å²) in [6.07, 6.45) is 4.40. The zero-order valence-corrected chi connectivity index (χ0v) is 12.1. The van der Waals surface area contributed by atoms with Gasteiger partial charge in [0.15, 0.2) is 0 Å². The molecular weight excluding hydrogens is 276 g/mol. The SMILES string of the molecule is Cc1nnnn1CCC(=O)N(Cc1nccs1)C1CC1. The number of aromatic nitrogens is 5. The van der Waals surface area contributed by atoms with Crippen molar-refractivity contribution in [3.05, 3.63) is 22.4 Å². The topological polar surface area (TPSA) is 76.8 Å². The largest absolute Gasteiger partial charge is 0.333 e. The van der Waals surface area contributed by atoms with Crippen molar-refractivity contribution in [2.24, 2.45) is 0 Å². The highest BCUT2D eigenvalue weighted by atomic mass is 32.1. The maximum absolute atomic E-state index is 12.4. The Morgan fingerprint density at radius 3 is 3.00 bits per heavy atom. The summed E-state index contributed by atoms with van der Waals surface area (Å²) in [5, 5.41) is 14.2. The van der Waals surface area contributed by atoms with Crippen LogP contribution in [0.4, 0.5) is 0 Å². The van der Waals surface area contributed by atoms with Crippen molar-refractivity contribution in [2.75, 3.05) is 0 Å². The van der Waals surface area contributed by atoms with E-state index in [1.54, 1.807) is 22.2 Å². The summed E-state index contributed by atoms with van der Waals surface area (Å²) in [7, 11) is 0. The average Bonchev–Trinajstić information content (AvgIpc) is 2.99. The van der Waals surface area contributed by atoms with Crippen molar-refractivity contribution in [3.8, 4) is 0 Å². The number of hydrogen-bond donors (Lipinski definition) is 0. The molecule has 0 unspecified atom stereocenters. The van der Waals surface area contributed by atoms with E-state index >= 15 is 0 Å². The number of hydrogen-bond acceptors (Lipinski definition) is 6. The first-order chi connectivity index (χ1) is 9.74. The van der Waals surface area contributed by atoms with Crippen LogP contribution in [0.25, 0.3) is 0 Å². The summed E-state index contributed by atoms with van der Waals surface area (Å²) in [6.45, 7) is 2.98. The number of nitrogens with zero attached hydrogens (tertiary/aromatic N) is 6. The molecule has 1 amide bonds. The number of rotatable bonds is 6. The number of thiazole rings is 1. The highest BCUT2D eigenvalue weighted by Gasteiger charge is 2.32. The molecule has 3 rings (SSSR count). The van der Waals surface area contributed by atoms with Crippen molar-refractivity contribution in [1.29, 1.82) is 0 Å². The van der Waals surface area contributed by atoms with Crippen LogP contribution in [0.1, 0.15) is 30.1 Å². The van der Waals surface area contributed by atoms with E-state index < -0.39 is 0 Å². The Hall–Kier alpha value is -1.83. The zero-order valence-electron chi connectivity index (χ0n) is 11.3. The molecule has 7 nitrogen and oxygen atoms in total. The maximum Gasteiger partial charge on any atom is 0.225 e. The Kier molecular flexibility index (Phi) is 3.72. The molecule has 2 aromatic rings. The van der Waals surface area contributed by atoms with E-state index in [1.807, 2.05) is 17.2 Å². The smallest absolute Gasteiger partial charge is 0.225 e. The van der Waals surface area contributed by atoms with E-state index in [-0.39, 0.29) is 5.91 Å². The highest BCUT2D eigenvalue weighted by molar-refractivity contribution is 7.09. The fraction of sp³-hybridized carbons (Fsp3) is 0.583. The molecule has 0 N–H and O–H groups in total. The molecule has 0 aliphatic heterocycles. The molecule has 106 valence electrons. The average molecular weight is 292 g/mol. The molecule has 0 bridgehead atoms. The molecule has 0 saturated heterocycles. The van der Waals surface area contributed by atoms with Crippen molar-refractivity contribution in [3.63, 3.8) is 0 Å². The monoisotopic (exact) mass is 292 g/mol. The Morgan fingerprint density at radius 1 is 1.55 bits per heavy atom. The lowest BCUT2D eigenvalue weighted by molar-refractivity contribution is -0.132. The van der Waals surface area contributed by atoms with Crippen LogP contribution < -0.4 is 0 Å². The first-order valence-corrected chi connectivity index (χ1v) is 7.52. The molecule has 1 aliphatic rings. The van der Waals surface area contributed by atoms with Crippen LogP contribution >= 0.6 is 11.3 Å². The van der Waals surface area contributed by atoms with Crippen LogP contribution in [0.2, 0.25) is 0 Å². The van der Waals surface area contributed by atoms with Gasteiger partial charge >= 0.3 is 0 Å². The van der Waals surface area contributed by atoms with E-state index in [1.165, 1.54) is 0 Å².